The van der Waals surface area contributed by atoms with Gasteiger partial charge in [0, 0.05) is 5.56 Å². The molecule has 4 nitrogen and oxygen atoms in total. The zero-order chi connectivity index (χ0) is 15.5. The summed E-state index contributed by atoms with van der Waals surface area (Å²) in [5.74, 6) is 0.133. The van der Waals surface area contributed by atoms with Crippen LogP contribution in [0, 0.1) is 0 Å². The van der Waals surface area contributed by atoms with Crippen LogP contribution in [0.4, 0.5) is 14.8 Å². The molecule has 0 amide bonds. The van der Waals surface area contributed by atoms with Crippen molar-refractivity contribution < 1.29 is 17.9 Å². The van der Waals surface area contributed by atoms with E-state index in [0.717, 1.165) is 5.52 Å². The molecule has 0 aliphatic heterocycles. The minimum Gasteiger partial charge on any atom is -0.434 e. The van der Waals surface area contributed by atoms with Crippen LogP contribution in [-0.4, -0.2) is 11.6 Å². The van der Waals surface area contributed by atoms with E-state index in [4.69, 9.17) is 4.42 Å². The van der Waals surface area contributed by atoms with E-state index in [1.165, 1.54) is 6.07 Å². The summed E-state index contributed by atoms with van der Waals surface area (Å²) in [4.78, 5) is 4.30. The first-order valence-corrected chi connectivity index (χ1v) is 6.79. The number of oxazole rings is 1. The first-order valence-electron chi connectivity index (χ1n) is 6.79. The second kappa shape index (κ2) is 6.01. The Hall–Kier alpha value is -2.63. The number of hydrogen-bond donors (Lipinski definition) is 1. The highest BCUT2D eigenvalue weighted by Crippen LogP contribution is 2.29. The summed E-state index contributed by atoms with van der Waals surface area (Å²) in [5.41, 5.74) is 1.99. The number of alkyl halides is 2. The zero-order valence-electron chi connectivity index (χ0n) is 11.8. The third-order valence-corrected chi connectivity index (χ3v) is 3.24. The highest BCUT2D eigenvalue weighted by atomic mass is 19.3. The van der Waals surface area contributed by atoms with Crippen LogP contribution in [0.25, 0.3) is 11.1 Å². The van der Waals surface area contributed by atoms with Crippen LogP contribution in [0.3, 0.4) is 0 Å². The Morgan fingerprint density at radius 3 is 2.59 bits per heavy atom. The van der Waals surface area contributed by atoms with Crippen molar-refractivity contribution in [3.63, 3.8) is 0 Å². The maximum Gasteiger partial charge on any atom is 0.387 e. The monoisotopic (exact) mass is 304 g/mol. The van der Waals surface area contributed by atoms with Gasteiger partial charge in [0.15, 0.2) is 5.58 Å². The van der Waals surface area contributed by atoms with Crippen LogP contribution in [0.1, 0.15) is 18.5 Å². The number of benzene rings is 2. The van der Waals surface area contributed by atoms with E-state index >= 15 is 0 Å². The molecule has 0 fully saturated rings. The van der Waals surface area contributed by atoms with Crippen molar-refractivity contribution >= 4 is 17.1 Å². The summed E-state index contributed by atoms with van der Waals surface area (Å²) in [5, 5.41) is 3.06. The van der Waals surface area contributed by atoms with E-state index in [1.807, 2.05) is 31.2 Å². The molecule has 1 atom stereocenters. The maximum atomic E-state index is 12.5. The molecule has 1 aromatic heterocycles. The third kappa shape index (κ3) is 3.00. The number of nitrogens with zero attached hydrogens (tertiary/aromatic N) is 1. The number of nitrogens with one attached hydrogen (secondary N) is 1. The smallest absolute Gasteiger partial charge is 0.387 e. The van der Waals surface area contributed by atoms with Gasteiger partial charge in [-0.25, -0.2) is 0 Å². The standard InChI is InChI=1S/C16H14F2N2O2/c1-10(11-6-2-4-8-13(11)21-15(17)18)19-16-20-12-7-3-5-9-14(12)22-16/h2-10,15H,1H3,(H,19,20). The average Bonchev–Trinajstić information content (AvgIpc) is 2.89. The van der Waals surface area contributed by atoms with Gasteiger partial charge in [0.2, 0.25) is 0 Å². The van der Waals surface area contributed by atoms with Crippen LogP contribution < -0.4 is 10.1 Å². The molecule has 2 aromatic carbocycles. The number of anilines is 1. The lowest BCUT2D eigenvalue weighted by Gasteiger charge is -2.16. The normalized spacial score (nSPS) is 12.5. The van der Waals surface area contributed by atoms with E-state index in [9.17, 15) is 8.78 Å². The molecule has 1 unspecified atom stereocenters. The van der Waals surface area contributed by atoms with Gasteiger partial charge >= 0.3 is 6.61 Å². The predicted molar refractivity (Wildman–Crippen MR) is 79.1 cm³/mol. The van der Waals surface area contributed by atoms with E-state index in [-0.39, 0.29) is 11.8 Å². The molecule has 22 heavy (non-hydrogen) atoms. The van der Waals surface area contributed by atoms with Gasteiger partial charge in [-0.2, -0.15) is 13.8 Å². The summed E-state index contributed by atoms with van der Waals surface area (Å²) in [6, 6.07) is 14.0. The number of rotatable bonds is 5. The van der Waals surface area contributed by atoms with Crippen molar-refractivity contribution in [3.05, 3.63) is 54.1 Å². The molecule has 6 heteroatoms. The van der Waals surface area contributed by atoms with Gasteiger partial charge in [0.05, 0.1) is 6.04 Å². The topological polar surface area (TPSA) is 47.3 Å². The first kappa shape index (κ1) is 14.3. The lowest BCUT2D eigenvalue weighted by molar-refractivity contribution is -0.0505. The number of para-hydroxylation sites is 3. The molecule has 114 valence electrons. The van der Waals surface area contributed by atoms with Crippen molar-refractivity contribution in [1.82, 2.24) is 4.98 Å². The molecular formula is C16H14F2N2O2. The van der Waals surface area contributed by atoms with E-state index < -0.39 is 6.61 Å². The van der Waals surface area contributed by atoms with Crippen molar-refractivity contribution in [1.29, 1.82) is 0 Å². The Morgan fingerprint density at radius 1 is 1.09 bits per heavy atom. The second-order valence-electron chi connectivity index (χ2n) is 4.77. The summed E-state index contributed by atoms with van der Waals surface area (Å²) < 4.78 is 35.0. The highest BCUT2D eigenvalue weighted by molar-refractivity contribution is 5.74. The zero-order valence-corrected chi connectivity index (χ0v) is 11.8. The Balaban J connectivity index is 1.83. The maximum absolute atomic E-state index is 12.5. The van der Waals surface area contributed by atoms with Crippen LogP contribution in [0.5, 0.6) is 5.75 Å². The van der Waals surface area contributed by atoms with Gasteiger partial charge in [-0.1, -0.05) is 30.3 Å². The van der Waals surface area contributed by atoms with Crippen molar-refractivity contribution in [2.45, 2.75) is 19.6 Å². The number of ether oxygens (including phenoxy) is 1. The Labute approximate surface area is 125 Å². The SMILES string of the molecule is CC(Nc1nc2ccccc2o1)c1ccccc1OC(F)F. The van der Waals surface area contributed by atoms with Crippen molar-refractivity contribution in [2.75, 3.05) is 5.32 Å². The van der Waals surface area contributed by atoms with E-state index in [2.05, 4.69) is 15.0 Å². The Kier molecular flexibility index (Phi) is 3.91. The first-order chi connectivity index (χ1) is 10.6. The average molecular weight is 304 g/mol. The molecule has 3 aromatic rings. The van der Waals surface area contributed by atoms with Gasteiger partial charge in [0.25, 0.3) is 6.01 Å². The largest absolute Gasteiger partial charge is 0.434 e. The third-order valence-electron chi connectivity index (χ3n) is 3.24. The van der Waals surface area contributed by atoms with Gasteiger partial charge in [-0.3, -0.25) is 0 Å². The van der Waals surface area contributed by atoms with E-state index in [1.54, 1.807) is 18.2 Å². The Morgan fingerprint density at radius 2 is 1.82 bits per heavy atom. The lowest BCUT2D eigenvalue weighted by Crippen LogP contribution is -2.11. The highest BCUT2D eigenvalue weighted by Gasteiger charge is 2.16. The van der Waals surface area contributed by atoms with Crippen molar-refractivity contribution in [2.24, 2.45) is 0 Å². The fraction of sp³-hybridized carbons (Fsp3) is 0.188. The molecule has 0 saturated heterocycles. The minimum atomic E-state index is -2.86. The summed E-state index contributed by atoms with van der Waals surface area (Å²) >= 11 is 0. The van der Waals surface area contributed by atoms with Gasteiger partial charge in [0.1, 0.15) is 11.3 Å². The molecule has 1 heterocycles. The molecule has 0 bridgehead atoms. The number of fused-ring (bicyclic) bond motifs is 1. The number of halogens is 2. The number of aromatic nitrogens is 1. The molecule has 0 aliphatic carbocycles. The fourth-order valence-electron chi connectivity index (χ4n) is 2.24. The molecular weight excluding hydrogens is 290 g/mol. The van der Waals surface area contributed by atoms with E-state index in [0.29, 0.717) is 17.2 Å². The molecule has 0 aliphatic rings. The molecule has 3 rings (SSSR count). The summed E-state index contributed by atoms with van der Waals surface area (Å²) in [6.07, 6.45) is 0. The van der Waals surface area contributed by atoms with Crippen LogP contribution in [0.15, 0.2) is 52.9 Å². The fourth-order valence-corrected chi connectivity index (χ4v) is 2.24. The number of hydrogen-bond acceptors (Lipinski definition) is 4. The van der Waals surface area contributed by atoms with Gasteiger partial charge < -0.3 is 14.5 Å². The van der Waals surface area contributed by atoms with Crippen molar-refractivity contribution in [3.8, 4) is 5.75 Å². The molecule has 0 radical (unpaired) electrons. The molecule has 0 spiro atoms. The summed E-state index contributed by atoms with van der Waals surface area (Å²) in [6.45, 7) is -1.04. The quantitative estimate of drug-likeness (QED) is 0.748. The van der Waals surface area contributed by atoms with Crippen LogP contribution in [0.2, 0.25) is 0 Å². The molecule has 1 N–H and O–H groups in total. The van der Waals surface area contributed by atoms with Gasteiger partial charge in [-0.15, -0.1) is 0 Å². The lowest BCUT2D eigenvalue weighted by atomic mass is 10.1. The van der Waals surface area contributed by atoms with Crippen LogP contribution in [-0.2, 0) is 0 Å². The van der Waals surface area contributed by atoms with Crippen LogP contribution >= 0.6 is 0 Å². The van der Waals surface area contributed by atoms with Gasteiger partial charge in [-0.05, 0) is 25.1 Å². The molecule has 0 saturated carbocycles. The predicted octanol–water partition coefficient (Wildman–Crippen LogP) is 4.60. The summed E-state index contributed by atoms with van der Waals surface area (Å²) in [7, 11) is 0. The minimum absolute atomic E-state index is 0.133. The Bertz CT molecular complexity index is 740. The second-order valence-corrected chi connectivity index (χ2v) is 4.77.